The van der Waals surface area contributed by atoms with Gasteiger partial charge in [-0.1, -0.05) is 20.1 Å². The van der Waals surface area contributed by atoms with Crippen LogP contribution in [0.2, 0.25) is 13.1 Å². The lowest BCUT2D eigenvalue weighted by atomic mass is 9.66. The molecule has 4 atom stereocenters. The Morgan fingerprint density at radius 2 is 2.33 bits per heavy atom. The lowest BCUT2D eigenvalue weighted by Gasteiger charge is -2.23. The van der Waals surface area contributed by atoms with Crippen LogP contribution in [-0.4, -0.2) is 7.28 Å². The first-order valence-electron chi connectivity index (χ1n) is 4.12. The van der Waals surface area contributed by atoms with Crippen molar-refractivity contribution in [2.45, 2.75) is 26.5 Å². The molecule has 0 heterocycles. The Labute approximate surface area is 58.3 Å². The van der Waals surface area contributed by atoms with Crippen molar-refractivity contribution >= 4 is 7.28 Å². The summed E-state index contributed by atoms with van der Waals surface area (Å²) in [6.45, 7) is 4.59. The fourth-order valence-corrected chi connectivity index (χ4v) is 2.60. The second-order valence-electron chi connectivity index (χ2n) is 3.74. The summed E-state index contributed by atoms with van der Waals surface area (Å²) in [5, 5.41) is 0. The first-order chi connectivity index (χ1) is 4.34. The molecule has 2 saturated carbocycles. The molecule has 49 valence electrons. The molecular formula is C8H14B. The molecule has 1 heteroatoms. The topological polar surface area (TPSA) is 0 Å². The Morgan fingerprint density at radius 1 is 1.56 bits per heavy atom. The van der Waals surface area contributed by atoms with E-state index in [-0.39, 0.29) is 0 Å². The predicted molar refractivity (Wildman–Crippen MR) is 40.7 cm³/mol. The Morgan fingerprint density at radius 3 is 2.67 bits per heavy atom. The molecule has 0 bridgehead atoms. The van der Waals surface area contributed by atoms with Gasteiger partial charge in [0.2, 0.25) is 0 Å². The van der Waals surface area contributed by atoms with Gasteiger partial charge in [0, 0.05) is 0 Å². The molecular weight excluding hydrogens is 107 g/mol. The summed E-state index contributed by atoms with van der Waals surface area (Å²) in [5.74, 6) is 4.50. The molecule has 0 aromatic heterocycles. The van der Waals surface area contributed by atoms with Gasteiger partial charge in [0.15, 0.2) is 0 Å². The molecule has 0 nitrogen and oxygen atoms in total. The molecule has 4 unspecified atom stereocenters. The highest BCUT2D eigenvalue weighted by molar-refractivity contribution is 6.33. The van der Waals surface area contributed by atoms with Gasteiger partial charge in [0.1, 0.15) is 7.28 Å². The summed E-state index contributed by atoms with van der Waals surface area (Å²) in [7, 11) is 2.33. The third kappa shape index (κ3) is 0.669. The molecule has 2 aliphatic rings. The van der Waals surface area contributed by atoms with Crippen molar-refractivity contribution in [1.29, 1.82) is 0 Å². The van der Waals surface area contributed by atoms with Gasteiger partial charge in [-0.05, 0) is 30.1 Å². The second-order valence-corrected chi connectivity index (χ2v) is 3.74. The summed E-state index contributed by atoms with van der Waals surface area (Å²) >= 11 is 0. The van der Waals surface area contributed by atoms with E-state index < -0.39 is 0 Å². The van der Waals surface area contributed by atoms with Gasteiger partial charge in [-0.25, -0.2) is 0 Å². The molecule has 0 aromatic rings. The van der Waals surface area contributed by atoms with E-state index in [1.54, 1.807) is 0 Å². The molecule has 0 N–H and O–H groups in total. The van der Waals surface area contributed by atoms with E-state index in [2.05, 4.69) is 21.0 Å². The lowest BCUT2D eigenvalue weighted by Crippen LogP contribution is -2.16. The lowest BCUT2D eigenvalue weighted by molar-refractivity contribution is 0.316. The Hall–Kier alpha value is 0.0649. The number of hydrogen-bond acceptors (Lipinski definition) is 0. The first kappa shape index (κ1) is 5.82. The van der Waals surface area contributed by atoms with Crippen molar-refractivity contribution in [2.75, 3.05) is 0 Å². The zero-order chi connectivity index (χ0) is 6.43. The SMILES string of the molecule is C[B]CC1CC2C(C)C12. The Kier molecular flexibility index (Phi) is 1.15. The first-order valence-corrected chi connectivity index (χ1v) is 4.12. The van der Waals surface area contributed by atoms with E-state index in [1.807, 2.05) is 0 Å². The Balaban J connectivity index is 1.80. The van der Waals surface area contributed by atoms with Crippen molar-refractivity contribution < 1.29 is 0 Å². The van der Waals surface area contributed by atoms with Crippen LogP contribution in [0.3, 0.4) is 0 Å². The summed E-state index contributed by atoms with van der Waals surface area (Å²) in [5.41, 5.74) is 0. The van der Waals surface area contributed by atoms with E-state index in [1.165, 1.54) is 12.7 Å². The van der Waals surface area contributed by atoms with Gasteiger partial charge in [0.05, 0.1) is 0 Å². The van der Waals surface area contributed by atoms with Crippen LogP contribution in [0.5, 0.6) is 0 Å². The van der Waals surface area contributed by atoms with Crippen LogP contribution in [0, 0.1) is 23.7 Å². The summed E-state index contributed by atoms with van der Waals surface area (Å²) < 4.78 is 0. The number of rotatable bonds is 2. The quantitative estimate of drug-likeness (QED) is 0.490. The van der Waals surface area contributed by atoms with E-state index in [9.17, 15) is 0 Å². The van der Waals surface area contributed by atoms with Gasteiger partial charge in [-0.15, -0.1) is 0 Å². The maximum atomic E-state index is 2.41. The van der Waals surface area contributed by atoms with Crippen LogP contribution in [0.15, 0.2) is 0 Å². The zero-order valence-electron chi connectivity index (χ0n) is 6.30. The highest BCUT2D eigenvalue weighted by atomic mass is 14.6. The van der Waals surface area contributed by atoms with Gasteiger partial charge >= 0.3 is 0 Å². The number of fused-ring (bicyclic) bond motifs is 1. The largest absolute Gasteiger partial charge is 0.106 e. The molecule has 0 aromatic carbocycles. The molecule has 1 radical (unpaired) electrons. The monoisotopic (exact) mass is 121 g/mol. The standard InChI is InChI=1S/C8H14B/c1-5-7-3-6(4-9-2)8(5)7/h5-8H,3-4H2,1-2H3. The van der Waals surface area contributed by atoms with Crippen LogP contribution in [0.1, 0.15) is 13.3 Å². The second kappa shape index (κ2) is 1.77. The van der Waals surface area contributed by atoms with E-state index >= 15 is 0 Å². The van der Waals surface area contributed by atoms with E-state index in [0.29, 0.717) is 0 Å². The van der Waals surface area contributed by atoms with Gasteiger partial charge in [-0.2, -0.15) is 0 Å². The highest BCUT2D eigenvalue weighted by Crippen LogP contribution is 2.65. The van der Waals surface area contributed by atoms with E-state index in [4.69, 9.17) is 0 Å². The summed E-state index contributed by atoms with van der Waals surface area (Å²) in [6.07, 6.45) is 2.92. The van der Waals surface area contributed by atoms with E-state index in [0.717, 1.165) is 23.7 Å². The third-order valence-electron chi connectivity index (χ3n) is 3.29. The maximum absolute atomic E-state index is 2.41. The average Bonchev–Trinajstić information content (AvgIpc) is 2.27. The van der Waals surface area contributed by atoms with Crippen molar-refractivity contribution in [3.63, 3.8) is 0 Å². The van der Waals surface area contributed by atoms with Crippen LogP contribution >= 0.6 is 0 Å². The van der Waals surface area contributed by atoms with Gasteiger partial charge in [-0.3, -0.25) is 0 Å². The summed E-state index contributed by atoms with van der Waals surface area (Å²) in [6, 6.07) is 0. The van der Waals surface area contributed by atoms with Crippen LogP contribution in [0.4, 0.5) is 0 Å². The van der Waals surface area contributed by atoms with Crippen LogP contribution < -0.4 is 0 Å². The average molecular weight is 121 g/mol. The smallest absolute Gasteiger partial charge is 0.0920 e. The maximum Gasteiger partial charge on any atom is 0.106 e. The molecule has 2 aliphatic carbocycles. The van der Waals surface area contributed by atoms with Crippen molar-refractivity contribution in [2.24, 2.45) is 23.7 Å². The fourth-order valence-electron chi connectivity index (χ4n) is 2.60. The molecule has 0 saturated heterocycles. The van der Waals surface area contributed by atoms with Crippen LogP contribution in [-0.2, 0) is 0 Å². The predicted octanol–water partition coefficient (Wildman–Crippen LogP) is 2.06. The Bertz CT molecular complexity index is 116. The minimum atomic E-state index is 1.09. The molecule has 9 heavy (non-hydrogen) atoms. The minimum Gasteiger partial charge on any atom is -0.0920 e. The normalized spacial score (nSPS) is 53.6. The minimum absolute atomic E-state index is 1.09. The van der Waals surface area contributed by atoms with Gasteiger partial charge < -0.3 is 0 Å². The number of hydrogen-bond donors (Lipinski definition) is 0. The zero-order valence-corrected chi connectivity index (χ0v) is 6.30. The molecule has 0 amide bonds. The molecule has 0 spiro atoms. The summed E-state index contributed by atoms with van der Waals surface area (Å²) in [4.78, 5) is 0. The molecule has 0 aliphatic heterocycles. The fraction of sp³-hybridized carbons (Fsp3) is 1.00. The molecule has 2 fully saturated rings. The van der Waals surface area contributed by atoms with Crippen molar-refractivity contribution in [3.8, 4) is 0 Å². The van der Waals surface area contributed by atoms with Gasteiger partial charge in [0.25, 0.3) is 0 Å². The third-order valence-corrected chi connectivity index (χ3v) is 3.29. The molecule has 2 rings (SSSR count). The van der Waals surface area contributed by atoms with Crippen LogP contribution in [0.25, 0.3) is 0 Å². The van der Waals surface area contributed by atoms with Crippen molar-refractivity contribution in [3.05, 3.63) is 0 Å². The highest BCUT2D eigenvalue weighted by Gasteiger charge is 2.58. The van der Waals surface area contributed by atoms with Crippen molar-refractivity contribution in [1.82, 2.24) is 0 Å².